The molecule has 160 valence electrons. The van der Waals surface area contributed by atoms with Gasteiger partial charge in [0, 0.05) is 10.8 Å². The quantitative estimate of drug-likeness (QED) is 0.273. The molecule has 4 aromatic carbocycles. The van der Waals surface area contributed by atoms with Crippen LogP contribution in [-0.2, 0) is 10.1 Å². The summed E-state index contributed by atoms with van der Waals surface area (Å²) in [4.78, 5) is -0.367. The second-order valence-corrected chi connectivity index (χ2v) is 8.37. The van der Waals surface area contributed by atoms with E-state index in [-0.39, 0.29) is 45.9 Å². The normalized spacial score (nSPS) is 11.8. The number of phenolic OH excluding ortho intramolecular Hbond substituents is 1. The van der Waals surface area contributed by atoms with E-state index >= 15 is 0 Å². The standard InChI is InChI=1S/C23H18N4O4S.Na/c1-15-9-10-22(23(28)13-15)27-26-21-12-11-20(18-7-2-3-8-19(18)21)25-24-16-5-4-6-17(14-16)32(29,30)31;/h2-14,28H,1H3,(H,29,30,31);/q;+1/p-1. The van der Waals surface area contributed by atoms with Gasteiger partial charge in [-0.25, -0.2) is 8.42 Å². The minimum Gasteiger partial charge on any atom is -0.744 e. The van der Waals surface area contributed by atoms with Crippen molar-refractivity contribution in [2.75, 3.05) is 0 Å². The summed E-state index contributed by atoms with van der Waals surface area (Å²) >= 11 is 0. The maximum atomic E-state index is 11.2. The zero-order chi connectivity index (χ0) is 22.7. The van der Waals surface area contributed by atoms with E-state index in [1.165, 1.54) is 18.2 Å². The van der Waals surface area contributed by atoms with Gasteiger partial charge in [0.05, 0.1) is 22.0 Å². The molecule has 0 amide bonds. The third-order valence-electron chi connectivity index (χ3n) is 4.65. The van der Waals surface area contributed by atoms with E-state index in [2.05, 4.69) is 20.5 Å². The number of hydrogen-bond acceptors (Lipinski definition) is 8. The van der Waals surface area contributed by atoms with E-state index < -0.39 is 10.1 Å². The van der Waals surface area contributed by atoms with Crippen LogP contribution in [0.3, 0.4) is 0 Å². The van der Waals surface area contributed by atoms with Crippen molar-refractivity contribution < 1.29 is 47.6 Å². The Balaban J connectivity index is 0.00000306. The van der Waals surface area contributed by atoms with Crippen molar-refractivity contribution in [1.82, 2.24) is 0 Å². The summed E-state index contributed by atoms with van der Waals surface area (Å²) in [5.74, 6) is 0.0470. The number of benzene rings is 4. The minimum atomic E-state index is -4.58. The fourth-order valence-corrected chi connectivity index (χ4v) is 3.59. The molecule has 0 saturated carbocycles. The zero-order valence-corrected chi connectivity index (χ0v) is 20.7. The second kappa shape index (κ2) is 10.3. The Kier molecular flexibility index (Phi) is 7.72. The Morgan fingerprint density at radius 2 is 1.30 bits per heavy atom. The van der Waals surface area contributed by atoms with E-state index in [0.717, 1.165) is 16.3 Å². The van der Waals surface area contributed by atoms with Crippen LogP contribution in [0.15, 0.2) is 104 Å². The van der Waals surface area contributed by atoms with E-state index in [4.69, 9.17) is 0 Å². The Labute approximate surface area is 212 Å². The first-order valence-corrected chi connectivity index (χ1v) is 10.9. The average molecular weight is 468 g/mol. The minimum absolute atomic E-state index is 0. The number of aryl methyl sites for hydroxylation is 1. The molecule has 8 nitrogen and oxygen atoms in total. The molecule has 4 aromatic rings. The molecular formula is C23H17N4NaO4S. The van der Waals surface area contributed by atoms with Crippen molar-refractivity contribution in [2.24, 2.45) is 20.5 Å². The Hall–Kier alpha value is -2.95. The third-order valence-corrected chi connectivity index (χ3v) is 5.49. The van der Waals surface area contributed by atoms with E-state index in [0.29, 0.717) is 17.1 Å². The van der Waals surface area contributed by atoms with Gasteiger partial charge in [0.25, 0.3) is 0 Å². The van der Waals surface area contributed by atoms with Crippen molar-refractivity contribution in [1.29, 1.82) is 0 Å². The van der Waals surface area contributed by atoms with Crippen molar-refractivity contribution >= 4 is 43.6 Å². The van der Waals surface area contributed by atoms with E-state index in [9.17, 15) is 18.1 Å². The number of phenols is 1. The average Bonchev–Trinajstić information content (AvgIpc) is 2.77. The van der Waals surface area contributed by atoms with Crippen molar-refractivity contribution in [3.63, 3.8) is 0 Å². The van der Waals surface area contributed by atoms with Crippen LogP contribution in [0, 0.1) is 6.92 Å². The van der Waals surface area contributed by atoms with Crippen LogP contribution >= 0.6 is 0 Å². The van der Waals surface area contributed by atoms with Crippen LogP contribution in [0.4, 0.5) is 22.7 Å². The van der Waals surface area contributed by atoms with Gasteiger partial charge < -0.3 is 9.66 Å². The van der Waals surface area contributed by atoms with Crippen molar-refractivity contribution in [3.8, 4) is 5.75 Å². The summed E-state index contributed by atoms with van der Waals surface area (Å²) in [6.07, 6.45) is 0. The van der Waals surface area contributed by atoms with Crippen LogP contribution in [0.1, 0.15) is 5.56 Å². The maximum absolute atomic E-state index is 11.2. The van der Waals surface area contributed by atoms with Gasteiger partial charge in [-0.3, -0.25) is 0 Å². The molecule has 0 fully saturated rings. The van der Waals surface area contributed by atoms with Crippen LogP contribution in [0.2, 0.25) is 0 Å². The monoisotopic (exact) mass is 468 g/mol. The number of azo groups is 2. The van der Waals surface area contributed by atoms with Gasteiger partial charge in [0.2, 0.25) is 0 Å². The summed E-state index contributed by atoms with van der Waals surface area (Å²) in [5, 5.41) is 28.3. The molecule has 0 aliphatic heterocycles. The predicted octanol–water partition coefficient (Wildman–Crippen LogP) is 3.59. The Morgan fingerprint density at radius 3 is 1.91 bits per heavy atom. The molecular weight excluding hydrogens is 451 g/mol. The SMILES string of the molecule is Cc1ccc(N=Nc2ccc(N=Nc3cccc(S(=O)(=O)[O-])c3)c3ccccc23)c(O)c1.[Na+]. The third kappa shape index (κ3) is 5.89. The summed E-state index contributed by atoms with van der Waals surface area (Å²) in [6.45, 7) is 1.87. The van der Waals surface area contributed by atoms with Crippen LogP contribution in [-0.4, -0.2) is 18.1 Å². The van der Waals surface area contributed by atoms with Gasteiger partial charge in [-0.2, -0.15) is 5.11 Å². The number of fused-ring (bicyclic) bond motifs is 1. The zero-order valence-electron chi connectivity index (χ0n) is 17.9. The summed E-state index contributed by atoms with van der Waals surface area (Å²) in [6, 6.07) is 21.4. The van der Waals surface area contributed by atoms with Crippen LogP contribution in [0.25, 0.3) is 10.8 Å². The Morgan fingerprint density at radius 1 is 0.727 bits per heavy atom. The second-order valence-electron chi connectivity index (χ2n) is 6.99. The first-order valence-electron chi connectivity index (χ1n) is 9.52. The smallest absolute Gasteiger partial charge is 0.744 e. The summed E-state index contributed by atoms with van der Waals surface area (Å²) in [5.41, 5.74) is 2.63. The van der Waals surface area contributed by atoms with Crippen LogP contribution < -0.4 is 29.6 Å². The van der Waals surface area contributed by atoms with Crippen LogP contribution in [0.5, 0.6) is 5.75 Å². The molecule has 10 heteroatoms. The van der Waals surface area contributed by atoms with Crippen molar-refractivity contribution in [3.05, 3.63) is 84.4 Å². The van der Waals surface area contributed by atoms with Crippen molar-refractivity contribution in [2.45, 2.75) is 11.8 Å². The number of aromatic hydroxyl groups is 1. The molecule has 0 radical (unpaired) electrons. The molecule has 0 unspecified atom stereocenters. The van der Waals surface area contributed by atoms with Gasteiger partial charge >= 0.3 is 29.6 Å². The first kappa shape index (κ1) is 24.7. The molecule has 0 aliphatic rings. The topological polar surface area (TPSA) is 127 Å². The molecule has 0 spiro atoms. The molecule has 0 aliphatic carbocycles. The molecule has 0 saturated heterocycles. The fraction of sp³-hybridized carbons (Fsp3) is 0.0435. The van der Waals surface area contributed by atoms with Gasteiger partial charge in [-0.05, 0) is 55.0 Å². The molecule has 0 heterocycles. The predicted molar refractivity (Wildman–Crippen MR) is 120 cm³/mol. The summed E-state index contributed by atoms with van der Waals surface area (Å²) < 4.78 is 33.6. The fourth-order valence-electron chi connectivity index (χ4n) is 3.08. The number of rotatable bonds is 5. The molecule has 33 heavy (non-hydrogen) atoms. The number of hydrogen-bond donors (Lipinski definition) is 1. The molecule has 0 aromatic heterocycles. The van der Waals surface area contributed by atoms with Gasteiger partial charge in [0.1, 0.15) is 21.6 Å². The Bertz CT molecular complexity index is 1490. The molecule has 0 bridgehead atoms. The molecule has 1 N–H and O–H groups in total. The van der Waals surface area contributed by atoms with Gasteiger partial charge in [-0.15, -0.1) is 15.3 Å². The van der Waals surface area contributed by atoms with Gasteiger partial charge in [-0.1, -0.05) is 36.4 Å². The first-order chi connectivity index (χ1) is 15.3. The molecule has 0 atom stereocenters. The van der Waals surface area contributed by atoms with Gasteiger partial charge in [0.15, 0.2) is 0 Å². The summed E-state index contributed by atoms with van der Waals surface area (Å²) in [7, 11) is -4.58. The van der Waals surface area contributed by atoms with E-state index in [1.54, 1.807) is 30.3 Å². The maximum Gasteiger partial charge on any atom is 1.00 e. The van der Waals surface area contributed by atoms with E-state index in [1.807, 2.05) is 37.3 Å². The number of nitrogens with zero attached hydrogens (tertiary/aromatic N) is 4. The largest absolute Gasteiger partial charge is 1.00 e. The molecule has 4 rings (SSSR count).